The van der Waals surface area contributed by atoms with Crippen LogP contribution in [0.15, 0.2) is 18.3 Å². The largest absolute Gasteiger partial charge is 0.492 e. The summed E-state index contributed by atoms with van der Waals surface area (Å²) in [6.07, 6.45) is 2.91. The highest BCUT2D eigenvalue weighted by Crippen LogP contribution is 2.28. The molecule has 0 radical (unpaired) electrons. The fraction of sp³-hybridized carbons (Fsp3) is 0.375. The second-order valence-corrected chi connectivity index (χ2v) is 2.92. The summed E-state index contributed by atoms with van der Waals surface area (Å²) < 4.78 is 5.43. The van der Waals surface area contributed by atoms with E-state index in [0.29, 0.717) is 5.82 Å². The van der Waals surface area contributed by atoms with Gasteiger partial charge in [-0.2, -0.15) is 0 Å². The quantitative estimate of drug-likeness (QED) is 0.499. The summed E-state index contributed by atoms with van der Waals surface area (Å²) in [4.78, 5) is 4.28. The van der Waals surface area contributed by atoms with Crippen LogP contribution in [-0.2, 0) is 0 Å². The molecule has 2 rings (SSSR count). The van der Waals surface area contributed by atoms with Crippen LogP contribution in [-0.4, -0.2) is 19.4 Å². The number of rotatable bonds is 0. The summed E-state index contributed by atoms with van der Waals surface area (Å²) in [6.45, 7) is 0.833. The maximum absolute atomic E-state index is 5.43. The van der Waals surface area contributed by atoms with Gasteiger partial charge in [0.25, 0.3) is 0 Å². The molecule has 1 aliphatic heterocycles. The fourth-order valence-corrected chi connectivity index (χ4v) is 1.38. The Balaban J connectivity index is 2.44. The Hall–Kier alpha value is -0.985. The van der Waals surface area contributed by atoms with Crippen LogP contribution in [0.5, 0.6) is 5.75 Å². The van der Waals surface area contributed by atoms with Crippen LogP contribution in [0.3, 0.4) is 0 Å². The van der Waals surface area contributed by atoms with Gasteiger partial charge >= 0.3 is 0 Å². The Morgan fingerprint density at radius 1 is 1.64 bits per heavy atom. The van der Waals surface area contributed by atoms with Gasteiger partial charge in [-0.1, -0.05) is 0 Å². The third-order valence-electron chi connectivity index (χ3n) is 2.07. The normalized spacial score (nSPS) is 22.0. The molecule has 1 atom stereocenters. The molecule has 1 aliphatic rings. The summed E-state index contributed by atoms with van der Waals surface area (Å²) in [7, 11) is 2.19. The third-order valence-corrected chi connectivity index (χ3v) is 2.07. The number of ether oxygens (including phenoxy) is 1. The highest BCUT2D eigenvalue weighted by Gasteiger charge is 2.17. The van der Waals surface area contributed by atoms with E-state index in [1.165, 1.54) is 0 Å². The second kappa shape index (κ2) is 2.57. The van der Waals surface area contributed by atoms with Gasteiger partial charge in [0.15, 0.2) is 0 Å². The van der Waals surface area contributed by atoms with Crippen molar-refractivity contribution in [2.24, 2.45) is 0 Å². The van der Waals surface area contributed by atoms with E-state index in [1.807, 2.05) is 18.3 Å². The lowest BCUT2D eigenvalue weighted by Gasteiger charge is -2.21. The van der Waals surface area contributed by atoms with E-state index < -0.39 is 0 Å². The predicted octanol–water partition coefficient (Wildman–Crippen LogP) is 0.538. The first-order valence-electron chi connectivity index (χ1n) is 3.95. The minimum Gasteiger partial charge on any atom is -0.492 e. The lowest BCUT2D eigenvalue weighted by molar-refractivity contribution is 0.281. The van der Waals surface area contributed by atoms with Gasteiger partial charge in [-0.3, -0.25) is 4.98 Å². The van der Waals surface area contributed by atoms with E-state index in [-0.39, 0.29) is 0 Å². The number of hydrogen-bond acceptors (Lipinski definition) is 2. The van der Waals surface area contributed by atoms with Gasteiger partial charge in [-0.15, -0.1) is 0 Å². The van der Waals surface area contributed by atoms with Gasteiger partial charge in [-0.05, 0) is 24.4 Å². The highest BCUT2D eigenvalue weighted by molar-refractivity contribution is 6.12. The minimum absolute atomic E-state index is 0.556. The van der Waals surface area contributed by atoms with Crippen LogP contribution in [0, 0.1) is 0 Å². The van der Waals surface area contributed by atoms with Gasteiger partial charge in [0.05, 0.1) is 12.3 Å². The molecular formula is C8H10BNO. The minimum atomic E-state index is 0.556. The lowest BCUT2D eigenvalue weighted by Crippen LogP contribution is -2.15. The molecule has 0 saturated carbocycles. The molecule has 1 aromatic rings. The van der Waals surface area contributed by atoms with Crippen molar-refractivity contribution in [3.63, 3.8) is 0 Å². The SMILES string of the molecule is B[C@H]1CCOc2cccnc21. The van der Waals surface area contributed by atoms with Crippen molar-refractivity contribution in [3.05, 3.63) is 24.0 Å². The van der Waals surface area contributed by atoms with Gasteiger partial charge in [0, 0.05) is 6.20 Å². The van der Waals surface area contributed by atoms with Crippen LogP contribution in [0.25, 0.3) is 0 Å². The number of aromatic nitrogens is 1. The Morgan fingerprint density at radius 3 is 3.36 bits per heavy atom. The van der Waals surface area contributed by atoms with E-state index in [0.717, 1.165) is 24.5 Å². The molecule has 0 fully saturated rings. The Kier molecular flexibility index (Phi) is 1.57. The maximum Gasteiger partial charge on any atom is 0.140 e. The standard InChI is InChI=1S/C8H10BNO/c9-6-3-5-11-7-2-1-4-10-8(6)7/h1-2,4,6H,3,5,9H2/t6-/m0/s1. The second-order valence-electron chi connectivity index (χ2n) is 2.92. The molecule has 2 heterocycles. The molecule has 2 nitrogen and oxygen atoms in total. The Bertz CT molecular complexity index is 264. The summed E-state index contributed by atoms with van der Waals surface area (Å²) >= 11 is 0. The average molecular weight is 147 g/mol. The van der Waals surface area contributed by atoms with Crippen LogP contribution in [0.1, 0.15) is 17.9 Å². The average Bonchev–Trinajstić information content (AvgIpc) is 2.06. The molecule has 1 aromatic heterocycles. The van der Waals surface area contributed by atoms with Crippen molar-refractivity contribution in [2.75, 3.05) is 6.61 Å². The lowest BCUT2D eigenvalue weighted by atomic mass is 9.80. The van der Waals surface area contributed by atoms with Crippen LogP contribution < -0.4 is 4.74 Å². The molecule has 0 bridgehead atoms. The zero-order chi connectivity index (χ0) is 7.68. The zero-order valence-electron chi connectivity index (χ0n) is 6.58. The number of pyridine rings is 1. The molecule has 0 saturated heterocycles. The Morgan fingerprint density at radius 2 is 2.55 bits per heavy atom. The topological polar surface area (TPSA) is 22.1 Å². The van der Waals surface area contributed by atoms with Gasteiger partial charge in [-0.25, -0.2) is 0 Å². The van der Waals surface area contributed by atoms with Crippen molar-refractivity contribution in [3.8, 4) is 5.75 Å². The van der Waals surface area contributed by atoms with E-state index in [4.69, 9.17) is 4.74 Å². The Labute approximate surface area is 67.0 Å². The van der Waals surface area contributed by atoms with Crippen molar-refractivity contribution in [2.45, 2.75) is 12.2 Å². The van der Waals surface area contributed by atoms with Gasteiger partial charge in [0.1, 0.15) is 13.6 Å². The summed E-state index contributed by atoms with van der Waals surface area (Å²) in [5.74, 6) is 1.52. The first-order chi connectivity index (χ1) is 5.38. The molecule has 0 aromatic carbocycles. The van der Waals surface area contributed by atoms with Crippen molar-refractivity contribution in [1.29, 1.82) is 0 Å². The molecule has 0 N–H and O–H groups in total. The van der Waals surface area contributed by atoms with E-state index >= 15 is 0 Å². The van der Waals surface area contributed by atoms with Crippen LogP contribution in [0.4, 0.5) is 0 Å². The van der Waals surface area contributed by atoms with Crippen molar-refractivity contribution in [1.82, 2.24) is 4.98 Å². The van der Waals surface area contributed by atoms with E-state index in [2.05, 4.69) is 12.8 Å². The summed E-state index contributed by atoms with van der Waals surface area (Å²) in [5, 5.41) is 0. The fourth-order valence-electron chi connectivity index (χ4n) is 1.38. The predicted molar refractivity (Wildman–Crippen MR) is 45.6 cm³/mol. The number of nitrogens with zero attached hydrogens (tertiary/aromatic N) is 1. The molecule has 0 unspecified atom stereocenters. The smallest absolute Gasteiger partial charge is 0.140 e. The monoisotopic (exact) mass is 147 g/mol. The summed E-state index contributed by atoms with van der Waals surface area (Å²) in [5.41, 5.74) is 1.11. The van der Waals surface area contributed by atoms with Gasteiger partial charge < -0.3 is 4.74 Å². The third kappa shape index (κ3) is 1.11. The zero-order valence-corrected chi connectivity index (χ0v) is 6.58. The highest BCUT2D eigenvalue weighted by atomic mass is 16.5. The van der Waals surface area contributed by atoms with E-state index in [9.17, 15) is 0 Å². The molecule has 3 heteroatoms. The number of fused-ring (bicyclic) bond motifs is 1. The number of hydrogen-bond donors (Lipinski definition) is 0. The molecule has 0 spiro atoms. The van der Waals surface area contributed by atoms with E-state index in [1.54, 1.807) is 0 Å². The van der Waals surface area contributed by atoms with Crippen LogP contribution >= 0.6 is 0 Å². The van der Waals surface area contributed by atoms with Crippen LogP contribution in [0.2, 0.25) is 0 Å². The first-order valence-corrected chi connectivity index (χ1v) is 3.95. The molecule has 56 valence electrons. The van der Waals surface area contributed by atoms with Crippen molar-refractivity contribution >= 4 is 7.85 Å². The van der Waals surface area contributed by atoms with Gasteiger partial charge in [0.2, 0.25) is 0 Å². The molecule has 0 amide bonds. The molecule has 0 aliphatic carbocycles. The maximum atomic E-state index is 5.43. The summed E-state index contributed by atoms with van der Waals surface area (Å²) in [6, 6.07) is 3.90. The van der Waals surface area contributed by atoms with Crippen molar-refractivity contribution < 1.29 is 4.74 Å². The molecular weight excluding hydrogens is 137 g/mol. The first kappa shape index (κ1) is 6.71. The molecule has 11 heavy (non-hydrogen) atoms.